The summed E-state index contributed by atoms with van der Waals surface area (Å²) in [7, 11) is -3.77. The summed E-state index contributed by atoms with van der Waals surface area (Å²) in [6, 6.07) is 0. The lowest BCUT2D eigenvalue weighted by atomic mass is 10.2. The molecule has 0 aromatic carbocycles. The van der Waals surface area contributed by atoms with Crippen LogP contribution in [-0.2, 0) is 4.57 Å². The van der Waals surface area contributed by atoms with Crippen LogP contribution in [0, 0.1) is 0 Å². The van der Waals surface area contributed by atoms with E-state index in [1.165, 1.54) is 0 Å². The Morgan fingerprint density at radius 1 is 1.23 bits per heavy atom. The highest BCUT2D eigenvalue weighted by Gasteiger charge is 2.10. The molecule has 0 heterocycles. The van der Waals surface area contributed by atoms with E-state index in [4.69, 9.17) is 22.0 Å². The molecule has 0 saturated heterocycles. The molecule has 0 aliphatic heterocycles. The normalized spacial score (nSPS) is 11.6. The van der Waals surface area contributed by atoms with Gasteiger partial charge in [-0.15, -0.1) is 12.6 Å². The van der Waals surface area contributed by atoms with E-state index < -0.39 is 7.60 Å². The van der Waals surface area contributed by atoms with Crippen LogP contribution in [0.5, 0.6) is 0 Å². The average Bonchev–Trinajstić information content (AvgIpc) is 1.93. The van der Waals surface area contributed by atoms with Gasteiger partial charge in [-0.2, -0.15) is 0 Å². The van der Waals surface area contributed by atoms with Crippen molar-refractivity contribution < 1.29 is 14.4 Å². The van der Waals surface area contributed by atoms with Crippen molar-refractivity contribution >= 4 is 36.6 Å². The number of rotatable bonds is 7. The highest BCUT2D eigenvalue weighted by atomic mass is 32.1. The summed E-state index contributed by atoms with van der Waals surface area (Å²) in [5.74, 6) is 0. The quantitative estimate of drug-likeness (QED) is 0.278. The van der Waals surface area contributed by atoms with Gasteiger partial charge in [-0.05, 0) is 19.3 Å². The fourth-order valence-corrected chi connectivity index (χ4v) is 1.89. The summed E-state index contributed by atoms with van der Waals surface area (Å²) in [6.07, 6.45) is 4.17. The van der Waals surface area contributed by atoms with Crippen LogP contribution in [0.4, 0.5) is 0 Å². The Morgan fingerprint density at radius 2 is 1.77 bits per heavy atom. The molecule has 2 N–H and O–H groups in total. The molecule has 0 fully saturated rings. The van der Waals surface area contributed by atoms with Crippen LogP contribution in [0.15, 0.2) is 0 Å². The molecule has 0 aromatic rings. The van der Waals surface area contributed by atoms with Gasteiger partial charge in [0.05, 0.1) is 0 Å². The van der Waals surface area contributed by atoms with Crippen molar-refractivity contribution in [2.24, 2.45) is 0 Å². The fraction of sp³-hybridized carbons (Fsp3) is 0.857. The molecule has 0 unspecified atom stereocenters. The van der Waals surface area contributed by atoms with Gasteiger partial charge in [-0.1, -0.05) is 25.1 Å². The first-order valence-electron chi connectivity index (χ1n) is 4.18. The Balaban J connectivity index is 3.18. The van der Waals surface area contributed by atoms with E-state index in [1.807, 2.05) is 0 Å². The van der Waals surface area contributed by atoms with E-state index in [-0.39, 0.29) is 6.16 Å². The molecular formula is C7H15O3PS2. The van der Waals surface area contributed by atoms with Crippen molar-refractivity contribution in [3.05, 3.63) is 0 Å². The smallest absolute Gasteiger partial charge is 0.324 e. The van der Waals surface area contributed by atoms with E-state index in [9.17, 15) is 4.57 Å². The van der Waals surface area contributed by atoms with E-state index in [0.717, 1.165) is 25.7 Å². The molecule has 0 radical (unpaired) electrons. The van der Waals surface area contributed by atoms with Crippen LogP contribution in [0.1, 0.15) is 32.1 Å². The summed E-state index contributed by atoms with van der Waals surface area (Å²) in [6.45, 7) is 0. The summed E-state index contributed by atoms with van der Waals surface area (Å²) in [4.78, 5) is 17.1. The van der Waals surface area contributed by atoms with Gasteiger partial charge >= 0.3 is 7.60 Å². The van der Waals surface area contributed by atoms with Crippen LogP contribution in [0.25, 0.3) is 0 Å². The monoisotopic (exact) mass is 242 g/mol. The van der Waals surface area contributed by atoms with Crippen molar-refractivity contribution in [2.75, 3.05) is 6.16 Å². The van der Waals surface area contributed by atoms with Crippen molar-refractivity contribution in [1.82, 2.24) is 0 Å². The van der Waals surface area contributed by atoms with E-state index in [1.54, 1.807) is 0 Å². The number of unbranched alkanes of at least 4 members (excludes halogenated alkanes) is 3. The Labute approximate surface area is 89.5 Å². The van der Waals surface area contributed by atoms with Gasteiger partial charge in [0, 0.05) is 10.4 Å². The van der Waals surface area contributed by atoms with Crippen molar-refractivity contribution in [3.8, 4) is 0 Å². The van der Waals surface area contributed by atoms with Crippen LogP contribution >= 0.6 is 32.4 Å². The topological polar surface area (TPSA) is 57.5 Å². The summed E-state index contributed by atoms with van der Waals surface area (Å²) in [5.41, 5.74) is 0. The van der Waals surface area contributed by atoms with Crippen molar-refractivity contribution in [1.29, 1.82) is 0 Å². The van der Waals surface area contributed by atoms with E-state index in [0.29, 0.717) is 10.6 Å². The fourth-order valence-electron chi connectivity index (χ4n) is 0.948. The zero-order chi connectivity index (χ0) is 10.3. The third kappa shape index (κ3) is 12.6. The van der Waals surface area contributed by atoms with Gasteiger partial charge in [-0.3, -0.25) is 4.57 Å². The summed E-state index contributed by atoms with van der Waals surface area (Å²) >= 11 is 8.75. The van der Waals surface area contributed by atoms with Gasteiger partial charge < -0.3 is 9.79 Å². The lowest BCUT2D eigenvalue weighted by Gasteiger charge is -2.02. The van der Waals surface area contributed by atoms with Crippen LogP contribution < -0.4 is 0 Å². The first kappa shape index (κ1) is 13.6. The molecule has 13 heavy (non-hydrogen) atoms. The second kappa shape index (κ2) is 6.96. The molecule has 3 nitrogen and oxygen atoms in total. The predicted molar refractivity (Wildman–Crippen MR) is 61.6 cm³/mol. The molecule has 6 heteroatoms. The first-order valence-corrected chi connectivity index (χ1v) is 6.83. The van der Waals surface area contributed by atoms with Gasteiger partial charge in [-0.25, -0.2) is 0 Å². The highest BCUT2D eigenvalue weighted by Crippen LogP contribution is 2.35. The zero-order valence-corrected chi connectivity index (χ0v) is 9.95. The van der Waals surface area contributed by atoms with Gasteiger partial charge in [0.1, 0.15) is 0 Å². The van der Waals surface area contributed by atoms with Crippen LogP contribution in [0.3, 0.4) is 0 Å². The maximum absolute atomic E-state index is 10.4. The predicted octanol–water partition coefficient (Wildman–Crippen LogP) is 2.37. The standard InChI is InChI=1S/C7H15O3PS2/c8-11(9,10)6-4-2-1-3-5-7(12)13/h1-6H2,(H,12,13)(H2,8,9,10). The van der Waals surface area contributed by atoms with E-state index >= 15 is 0 Å². The Morgan fingerprint density at radius 3 is 2.23 bits per heavy atom. The number of hydrogen-bond acceptors (Lipinski definition) is 2. The second-order valence-corrected chi connectivity index (χ2v) is 6.06. The Hall–Kier alpha value is 0.590. The zero-order valence-electron chi connectivity index (χ0n) is 7.35. The molecule has 0 atom stereocenters. The summed E-state index contributed by atoms with van der Waals surface area (Å²) < 4.78 is 11.1. The molecule has 0 aromatic heterocycles. The van der Waals surface area contributed by atoms with E-state index in [2.05, 4.69) is 12.6 Å². The first-order chi connectivity index (χ1) is 5.92. The van der Waals surface area contributed by atoms with Crippen LogP contribution in [0.2, 0.25) is 0 Å². The molecule has 0 rings (SSSR count). The van der Waals surface area contributed by atoms with Crippen molar-refractivity contribution in [3.63, 3.8) is 0 Å². The minimum Gasteiger partial charge on any atom is -0.324 e. The lowest BCUT2D eigenvalue weighted by Crippen LogP contribution is -1.89. The third-order valence-corrected chi connectivity index (χ3v) is 2.92. The minimum atomic E-state index is -3.77. The van der Waals surface area contributed by atoms with Crippen molar-refractivity contribution in [2.45, 2.75) is 32.1 Å². The molecule has 0 bridgehead atoms. The maximum atomic E-state index is 10.4. The molecule has 0 aliphatic rings. The largest absolute Gasteiger partial charge is 0.325 e. The van der Waals surface area contributed by atoms with Gasteiger partial charge in [0.25, 0.3) is 0 Å². The molecule has 78 valence electrons. The number of thiol groups is 1. The summed E-state index contributed by atoms with van der Waals surface area (Å²) in [5, 5.41) is 0. The maximum Gasteiger partial charge on any atom is 0.325 e. The molecule has 0 saturated carbocycles. The average molecular weight is 242 g/mol. The number of hydrogen-bond donors (Lipinski definition) is 3. The Bertz CT molecular complexity index is 202. The minimum absolute atomic E-state index is 0.00167. The third-order valence-electron chi connectivity index (χ3n) is 1.59. The SMILES string of the molecule is O=P(O)(O)CCCCCCC(=S)S. The number of thiocarbonyl (C=S) groups is 1. The highest BCUT2D eigenvalue weighted by molar-refractivity contribution is 8.11. The Kier molecular flexibility index (Phi) is 7.27. The van der Waals surface area contributed by atoms with Gasteiger partial charge in [0.15, 0.2) is 0 Å². The molecular weight excluding hydrogens is 227 g/mol. The van der Waals surface area contributed by atoms with Gasteiger partial charge in [0.2, 0.25) is 0 Å². The molecule has 0 aliphatic carbocycles. The second-order valence-electron chi connectivity index (χ2n) is 2.95. The molecule has 0 spiro atoms. The lowest BCUT2D eigenvalue weighted by molar-refractivity contribution is 0.370. The molecule has 0 amide bonds. The van der Waals surface area contributed by atoms with Crippen LogP contribution in [-0.4, -0.2) is 20.1 Å².